The normalized spacial score (nSPS) is 11.2. The van der Waals surface area contributed by atoms with E-state index in [4.69, 9.17) is 0 Å². The van der Waals surface area contributed by atoms with E-state index in [9.17, 15) is 4.79 Å². The molecule has 0 saturated carbocycles. The van der Waals surface area contributed by atoms with Crippen molar-refractivity contribution in [3.05, 3.63) is 48.0 Å². The van der Waals surface area contributed by atoms with Crippen molar-refractivity contribution >= 4 is 5.91 Å². The molecule has 1 amide bonds. The lowest BCUT2D eigenvalue weighted by Gasteiger charge is -2.30. The van der Waals surface area contributed by atoms with Gasteiger partial charge in [0.15, 0.2) is 0 Å². The molecule has 0 aliphatic carbocycles. The molecule has 0 atom stereocenters. The molecule has 0 aliphatic rings. The summed E-state index contributed by atoms with van der Waals surface area (Å²) in [6.45, 7) is 8.37. The average molecular weight is 275 g/mol. The minimum Gasteiger partial charge on any atom is -0.352 e. The Morgan fingerprint density at radius 1 is 1.25 bits per heavy atom. The first-order chi connectivity index (χ1) is 9.46. The third-order valence-corrected chi connectivity index (χ3v) is 3.47. The summed E-state index contributed by atoms with van der Waals surface area (Å²) in [5.74, 6) is -0.0922. The van der Waals surface area contributed by atoms with Crippen molar-refractivity contribution in [3.63, 3.8) is 0 Å². The fraction of sp³-hybridized carbons (Fsp3) is 0.471. The molecule has 1 aromatic rings. The molecular weight excluding hydrogens is 248 g/mol. The van der Waals surface area contributed by atoms with Crippen molar-refractivity contribution in [1.82, 2.24) is 5.32 Å². The van der Waals surface area contributed by atoms with Crippen LogP contribution in [0.2, 0.25) is 0 Å². The Hall–Kier alpha value is -1.61. The molecule has 110 valence electrons. The van der Waals surface area contributed by atoms with Gasteiger partial charge in [0, 0.05) is 18.5 Å². The largest absolute Gasteiger partial charge is 0.352 e. The fourth-order valence-electron chi connectivity index (χ4n) is 2.24. The van der Waals surface area contributed by atoms with Crippen molar-refractivity contribution in [2.24, 2.45) is 0 Å². The lowest BCUT2D eigenvalue weighted by Crippen LogP contribution is -2.40. The summed E-state index contributed by atoms with van der Waals surface area (Å²) in [7, 11) is 4.45. The second-order valence-corrected chi connectivity index (χ2v) is 5.84. The van der Waals surface area contributed by atoms with Crippen LogP contribution in [0.15, 0.2) is 36.9 Å². The third kappa shape index (κ3) is 6.02. The summed E-state index contributed by atoms with van der Waals surface area (Å²) in [6, 6.07) is 8.86. The van der Waals surface area contributed by atoms with Gasteiger partial charge >= 0.3 is 0 Å². The highest BCUT2D eigenvalue weighted by atomic mass is 16.1. The van der Waals surface area contributed by atoms with Crippen LogP contribution in [0.5, 0.6) is 0 Å². The maximum Gasteiger partial charge on any atom is 0.243 e. The van der Waals surface area contributed by atoms with E-state index < -0.39 is 0 Å². The molecule has 20 heavy (non-hydrogen) atoms. The molecule has 1 aromatic carbocycles. The van der Waals surface area contributed by atoms with Crippen LogP contribution in [0.4, 0.5) is 0 Å². The predicted molar refractivity (Wildman–Crippen MR) is 84.3 cm³/mol. The van der Waals surface area contributed by atoms with E-state index >= 15 is 0 Å². The molecule has 0 heterocycles. The van der Waals surface area contributed by atoms with Crippen molar-refractivity contribution < 1.29 is 9.28 Å². The summed E-state index contributed by atoms with van der Waals surface area (Å²) in [4.78, 5) is 11.1. The summed E-state index contributed by atoms with van der Waals surface area (Å²) < 4.78 is 0.926. The first-order valence-corrected chi connectivity index (χ1v) is 7.27. The van der Waals surface area contributed by atoms with Gasteiger partial charge in [0.2, 0.25) is 5.91 Å². The molecule has 0 spiro atoms. The molecule has 3 heteroatoms. The SMILES string of the molecule is C=CC(=O)NCCC[N+](C)(C)Cc1ccc(CC)cc1. The van der Waals surface area contributed by atoms with Gasteiger partial charge in [0.05, 0.1) is 20.6 Å². The van der Waals surface area contributed by atoms with Gasteiger partial charge in [0.1, 0.15) is 6.54 Å². The van der Waals surface area contributed by atoms with Crippen LogP contribution in [-0.2, 0) is 17.8 Å². The number of hydrogen-bond acceptors (Lipinski definition) is 1. The second-order valence-electron chi connectivity index (χ2n) is 5.84. The Bertz CT molecular complexity index is 435. The maximum atomic E-state index is 11.1. The first kappa shape index (κ1) is 16.4. The highest BCUT2D eigenvalue weighted by Gasteiger charge is 2.15. The molecule has 1 rings (SSSR count). The van der Waals surface area contributed by atoms with Gasteiger partial charge in [-0.05, 0) is 18.1 Å². The van der Waals surface area contributed by atoms with Crippen LogP contribution in [-0.4, -0.2) is 37.6 Å². The Morgan fingerprint density at radius 3 is 2.40 bits per heavy atom. The minimum atomic E-state index is -0.0922. The van der Waals surface area contributed by atoms with Crippen molar-refractivity contribution in [1.29, 1.82) is 0 Å². The predicted octanol–water partition coefficient (Wildman–Crippen LogP) is 2.52. The lowest BCUT2D eigenvalue weighted by molar-refractivity contribution is -0.903. The van der Waals surface area contributed by atoms with E-state index in [0.29, 0.717) is 6.54 Å². The fourth-order valence-corrected chi connectivity index (χ4v) is 2.24. The van der Waals surface area contributed by atoms with Crippen LogP contribution in [0.25, 0.3) is 0 Å². The number of nitrogens with zero attached hydrogens (tertiary/aromatic N) is 1. The van der Waals surface area contributed by atoms with Gasteiger partial charge < -0.3 is 9.80 Å². The van der Waals surface area contributed by atoms with E-state index in [1.54, 1.807) is 0 Å². The van der Waals surface area contributed by atoms with Crippen molar-refractivity contribution in [3.8, 4) is 0 Å². The van der Waals surface area contributed by atoms with E-state index in [2.05, 4.69) is 57.2 Å². The Labute approximate surface area is 122 Å². The maximum absolute atomic E-state index is 11.1. The highest BCUT2D eigenvalue weighted by molar-refractivity contribution is 5.86. The van der Waals surface area contributed by atoms with Gasteiger partial charge in [-0.15, -0.1) is 0 Å². The third-order valence-electron chi connectivity index (χ3n) is 3.47. The van der Waals surface area contributed by atoms with Crippen LogP contribution in [0.3, 0.4) is 0 Å². The van der Waals surface area contributed by atoms with Crippen LogP contribution >= 0.6 is 0 Å². The highest BCUT2D eigenvalue weighted by Crippen LogP contribution is 2.11. The zero-order valence-corrected chi connectivity index (χ0v) is 13.0. The number of aryl methyl sites for hydroxylation is 1. The molecule has 0 aromatic heterocycles. The summed E-state index contributed by atoms with van der Waals surface area (Å²) in [5, 5.41) is 2.82. The molecule has 0 aliphatic heterocycles. The van der Waals surface area contributed by atoms with Gasteiger partial charge in [-0.25, -0.2) is 0 Å². The molecule has 3 nitrogen and oxygen atoms in total. The summed E-state index contributed by atoms with van der Waals surface area (Å²) >= 11 is 0. The lowest BCUT2D eigenvalue weighted by atomic mass is 10.1. The monoisotopic (exact) mass is 275 g/mol. The van der Waals surface area contributed by atoms with E-state index in [-0.39, 0.29) is 5.91 Å². The standard InChI is InChI=1S/C17H26N2O/c1-5-15-8-10-16(11-9-15)14-19(3,4)13-7-12-18-17(20)6-2/h6,8-11H,2,5,7,12-14H2,1,3-4H3/p+1. The van der Waals surface area contributed by atoms with Gasteiger partial charge in [-0.3, -0.25) is 4.79 Å². The minimum absolute atomic E-state index is 0.0922. The number of carbonyl (C=O) groups excluding carboxylic acids is 1. The number of benzene rings is 1. The average Bonchev–Trinajstić information content (AvgIpc) is 2.43. The number of rotatable bonds is 8. The molecule has 1 N–H and O–H groups in total. The smallest absolute Gasteiger partial charge is 0.243 e. The number of hydrogen-bond donors (Lipinski definition) is 1. The number of quaternary nitrogens is 1. The first-order valence-electron chi connectivity index (χ1n) is 7.27. The van der Waals surface area contributed by atoms with Gasteiger partial charge in [-0.2, -0.15) is 0 Å². The Morgan fingerprint density at radius 2 is 1.85 bits per heavy atom. The van der Waals surface area contributed by atoms with Gasteiger partial charge in [0.25, 0.3) is 0 Å². The summed E-state index contributed by atoms with van der Waals surface area (Å²) in [6.07, 6.45) is 3.37. The van der Waals surface area contributed by atoms with Crippen molar-refractivity contribution in [2.75, 3.05) is 27.2 Å². The quantitative estimate of drug-likeness (QED) is 0.441. The molecule has 0 saturated heterocycles. The van der Waals surface area contributed by atoms with E-state index in [1.807, 2.05) is 0 Å². The molecule has 0 fully saturated rings. The zero-order valence-electron chi connectivity index (χ0n) is 13.0. The van der Waals surface area contributed by atoms with Crippen LogP contribution in [0.1, 0.15) is 24.5 Å². The molecule has 0 radical (unpaired) electrons. The van der Waals surface area contributed by atoms with Crippen molar-refractivity contribution in [2.45, 2.75) is 26.3 Å². The zero-order chi connectivity index (χ0) is 15.0. The summed E-state index contributed by atoms with van der Waals surface area (Å²) in [5.41, 5.74) is 2.74. The van der Waals surface area contributed by atoms with E-state index in [1.165, 1.54) is 17.2 Å². The topological polar surface area (TPSA) is 29.1 Å². The molecule has 0 unspecified atom stereocenters. The van der Waals surface area contributed by atoms with Crippen LogP contribution in [0, 0.1) is 0 Å². The molecular formula is C17H27N2O+. The van der Waals surface area contributed by atoms with E-state index in [0.717, 1.165) is 30.4 Å². The second kappa shape index (κ2) is 7.85. The number of nitrogens with one attached hydrogen (secondary N) is 1. The Kier molecular flexibility index (Phi) is 6.46. The Balaban J connectivity index is 2.39. The number of carbonyl (C=O) groups is 1. The molecule has 0 bridgehead atoms. The number of amides is 1. The van der Waals surface area contributed by atoms with Gasteiger partial charge in [-0.1, -0.05) is 37.8 Å². The van der Waals surface area contributed by atoms with Crippen LogP contribution < -0.4 is 5.32 Å².